The molecule has 0 aromatic heterocycles. The molecule has 0 spiro atoms. The van der Waals surface area contributed by atoms with Crippen LogP contribution in [0, 0.1) is 37.0 Å². The van der Waals surface area contributed by atoms with E-state index in [2.05, 4.69) is 18.8 Å². The summed E-state index contributed by atoms with van der Waals surface area (Å²) < 4.78 is 57.1. The molecule has 4 fully saturated rings. The van der Waals surface area contributed by atoms with E-state index in [9.17, 15) is 29.1 Å². The zero-order valence-electron chi connectivity index (χ0n) is 41.2. The first-order chi connectivity index (χ1) is 30.3. The molecule has 6 rings (SSSR count). The van der Waals surface area contributed by atoms with E-state index in [0.29, 0.717) is 17.6 Å². The van der Waals surface area contributed by atoms with Crippen molar-refractivity contribution in [2.24, 2.45) is 22.7 Å². The van der Waals surface area contributed by atoms with Gasteiger partial charge in [0, 0.05) is 76.8 Å². The van der Waals surface area contributed by atoms with Gasteiger partial charge in [0.2, 0.25) is 0 Å². The van der Waals surface area contributed by atoms with Crippen molar-refractivity contribution >= 4 is 30.0 Å². The first kappa shape index (κ1) is 56.3. The fraction of sp³-hybridized carbons (Fsp3) is 0.660. The van der Waals surface area contributed by atoms with Gasteiger partial charge in [-0.2, -0.15) is 6.42 Å². The third kappa shape index (κ3) is 10.8. The largest absolute Gasteiger partial charge is 0.456 e. The Hall–Kier alpha value is -3.25. The minimum atomic E-state index is -2.20. The van der Waals surface area contributed by atoms with Crippen LogP contribution in [0.4, 0.5) is 4.79 Å². The molecule has 371 valence electrons. The minimum Gasteiger partial charge on any atom is -0.456 e. The summed E-state index contributed by atoms with van der Waals surface area (Å²) in [7, 11) is 0. The van der Waals surface area contributed by atoms with Gasteiger partial charge in [0.1, 0.15) is 35.6 Å². The van der Waals surface area contributed by atoms with Gasteiger partial charge >= 0.3 is 30.0 Å². The van der Waals surface area contributed by atoms with Crippen LogP contribution in [0.1, 0.15) is 112 Å². The second-order valence-corrected chi connectivity index (χ2v) is 20.2. The summed E-state index contributed by atoms with van der Waals surface area (Å²) in [5.41, 5.74) is -6.44. The van der Waals surface area contributed by atoms with Crippen molar-refractivity contribution in [3.8, 4) is 0 Å². The molecule has 2 heterocycles. The van der Waals surface area contributed by atoms with Gasteiger partial charge in [0.25, 0.3) is 0 Å². The number of carbonyl (C=O) groups is 5. The SMILES string of the molecule is C=CC1O[C@H]2C[C@H]3OC[C@@]3(OC(C)=O)[C@H]3[C@H](OC(=O)c4ccccc4)[C@]4(O)C[C@H](OC(=O)[C@H](OCC[CH2-])[C@H](CC(C)C)NC(=O)OC(C)(C)C)C(C)=C([C@H](OC(C)=O)[C@H](O1)[C@]23C)C4(C)C.[CH3-].[Y]. The molecule has 2 aliphatic heterocycles. The monoisotopic (exact) mass is 1010 g/mol. The number of amides is 1. The molecule has 2 N–H and O–H groups in total. The maximum atomic E-state index is 14.8. The van der Waals surface area contributed by atoms with Crippen molar-refractivity contribution in [2.45, 2.75) is 174 Å². The maximum Gasteiger partial charge on any atom is 0.407 e. The molecular formula is C50H71NO15Y-2. The van der Waals surface area contributed by atoms with Crippen LogP contribution in [0.25, 0.3) is 0 Å². The predicted molar refractivity (Wildman–Crippen MR) is 240 cm³/mol. The number of benzene rings is 1. The van der Waals surface area contributed by atoms with Crippen molar-refractivity contribution < 1.29 is 104 Å². The summed E-state index contributed by atoms with van der Waals surface area (Å²) in [6.45, 7) is 26.3. The molecule has 2 saturated carbocycles. The van der Waals surface area contributed by atoms with Crippen molar-refractivity contribution in [1.29, 1.82) is 0 Å². The van der Waals surface area contributed by atoms with E-state index in [0.717, 1.165) is 0 Å². The summed E-state index contributed by atoms with van der Waals surface area (Å²) in [4.78, 5) is 69.3. The zero-order chi connectivity index (χ0) is 48.0. The van der Waals surface area contributed by atoms with E-state index < -0.39 is 119 Å². The van der Waals surface area contributed by atoms with Crippen LogP contribution >= 0.6 is 0 Å². The Morgan fingerprint density at radius 3 is 2.19 bits per heavy atom. The molecule has 1 aromatic carbocycles. The molecule has 2 bridgehead atoms. The summed E-state index contributed by atoms with van der Waals surface area (Å²) in [6.07, 6.45) is -8.10. The molecular weight excluding hydrogens is 943 g/mol. The smallest absolute Gasteiger partial charge is 0.407 e. The molecule has 13 atom stereocenters. The number of hydrogen-bond acceptors (Lipinski definition) is 15. The van der Waals surface area contributed by atoms with E-state index in [4.69, 9.17) is 42.6 Å². The van der Waals surface area contributed by atoms with E-state index in [-0.39, 0.29) is 84.1 Å². The summed E-state index contributed by atoms with van der Waals surface area (Å²) in [5.74, 6) is -4.17. The van der Waals surface area contributed by atoms with Crippen LogP contribution in [0.15, 0.2) is 54.1 Å². The van der Waals surface area contributed by atoms with Gasteiger partial charge in [-0.3, -0.25) is 9.59 Å². The topological polar surface area (TPSA) is 201 Å². The fourth-order valence-electron chi connectivity index (χ4n) is 11.1. The Morgan fingerprint density at radius 1 is 1.00 bits per heavy atom. The van der Waals surface area contributed by atoms with Gasteiger partial charge in [-0.25, -0.2) is 14.4 Å². The van der Waals surface area contributed by atoms with Gasteiger partial charge in [-0.1, -0.05) is 59.4 Å². The molecule has 5 aliphatic rings. The van der Waals surface area contributed by atoms with E-state index in [1.54, 1.807) is 71.9 Å². The second-order valence-electron chi connectivity index (χ2n) is 20.2. The van der Waals surface area contributed by atoms with E-state index in [1.807, 2.05) is 20.8 Å². The Morgan fingerprint density at radius 2 is 1.66 bits per heavy atom. The molecule has 16 nitrogen and oxygen atoms in total. The third-order valence-electron chi connectivity index (χ3n) is 13.8. The normalized spacial score (nSPS) is 33.4. The van der Waals surface area contributed by atoms with Crippen molar-refractivity contribution in [2.75, 3.05) is 13.2 Å². The van der Waals surface area contributed by atoms with Gasteiger partial charge < -0.3 is 67.4 Å². The minimum absolute atomic E-state index is 0. The van der Waals surface area contributed by atoms with Gasteiger partial charge in [0.15, 0.2) is 24.1 Å². The Balaban J connectivity index is 0.00000490. The second kappa shape index (κ2) is 21.4. The Bertz CT molecular complexity index is 2020. The zero-order valence-corrected chi connectivity index (χ0v) is 44.1. The first-order valence-corrected chi connectivity index (χ1v) is 22.6. The average molecular weight is 1020 g/mol. The molecule has 1 radical (unpaired) electrons. The standard InChI is InChI=1S/C49H68NO15.CH3.Y/c1-14-21-57-37(31(22-26(3)4)50-44(55)65-45(8,9)10)43(54)60-32-24-49(56)41(63-42(53)30-19-17-16-18-20-30)39-47(13)33(23-34-48(39,25-58-34)64-29(7)52)61-35(15-2)62-40(47)38(59-28(6)51)36(27(32)5)46(49,11)12;;/h15-20,26,31-35,37-41,56H,1-2,14,21-25H2,3-13H3,(H,50,55);1H3;/q2*-1;/t31-,32-,33-,34+,35?,37+,38-,39-,40-,41-,47+,48-,49+;;/m0../s1. The number of fused-ring (bicyclic) bond motifs is 4. The number of rotatable bonds is 14. The maximum absolute atomic E-state index is 14.8. The number of nitrogens with one attached hydrogen (secondary N) is 1. The number of esters is 4. The molecule has 1 amide bonds. The summed E-state index contributed by atoms with van der Waals surface area (Å²) in [5, 5.41) is 16.9. The molecule has 1 unspecified atom stereocenters. The number of aliphatic hydroxyl groups is 1. The van der Waals surface area contributed by atoms with Crippen LogP contribution in [-0.4, -0.2) is 120 Å². The van der Waals surface area contributed by atoms with Crippen LogP contribution in [0.5, 0.6) is 0 Å². The predicted octanol–water partition coefficient (Wildman–Crippen LogP) is 6.57. The van der Waals surface area contributed by atoms with Crippen molar-refractivity contribution in [3.63, 3.8) is 0 Å². The van der Waals surface area contributed by atoms with E-state index in [1.165, 1.54) is 19.9 Å². The van der Waals surface area contributed by atoms with Gasteiger partial charge in [-0.05, 0) is 69.4 Å². The van der Waals surface area contributed by atoms with E-state index >= 15 is 0 Å². The molecule has 17 heteroatoms. The molecule has 3 aliphatic carbocycles. The summed E-state index contributed by atoms with van der Waals surface area (Å²) in [6, 6.07) is 7.33. The third-order valence-corrected chi connectivity index (χ3v) is 13.8. The van der Waals surface area contributed by atoms with Crippen LogP contribution in [-0.2, 0) is 89.7 Å². The quantitative estimate of drug-likeness (QED) is 0.0877. The number of alkyl carbamates (subject to hydrolysis) is 1. The number of carbonyl (C=O) groups excluding carboxylic acids is 5. The Kier molecular flexibility index (Phi) is 18.0. The summed E-state index contributed by atoms with van der Waals surface area (Å²) >= 11 is 0. The van der Waals surface area contributed by atoms with Crippen LogP contribution in [0.3, 0.4) is 0 Å². The van der Waals surface area contributed by atoms with Gasteiger partial charge in [-0.15, -0.1) is 0 Å². The molecule has 1 aromatic rings. The molecule has 2 saturated heterocycles. The van der Waals surface area contributed by atoms with Crippen LogP contribution in [0.2, 0.25) is 0 Å². The Labute approximate surface area is 421 Å². The van der Waals surface area contributed by atoms with Gasteiger partial charge in [0.05, 0.1) is 30.2 Å². The van der Waals surface area contributed by atoms with Crippen molar-refractivity contribution in [1.82, 2.24) is 5.32 Å². The number of hydrogen-bond donors (Lipinski definition) is 2. The molecule has 67 heavy (non-hydrogen) atoms. The first-order valence-electron chi connectivity index (χ1n) is 22.6. The van der Waals surface area contributed by atoms with Crippen LogP contribution < -0.4 is 5.32 Å². The number of ether oxygens (including phenoxy) is 9. The average Bonchev–Trinajstić information content (AvgIpc) is 3.19. The fourth-order valence-corrected chi connectivity index (χ4v) is 11.1. The van der Waals surface area contributed by atoms with Crippen molar-refractivity contribution in [3.05, 3.63) is 74.0 Å².